The van der Waals surface area contributed by atoms with Crippen LogP contribution in [0.5, 0.6) is 0 Å². The van der Waals surface area contributed by atoms with Crippen molar-refractivity contribution in [3.63, 3.8) is 0 Å². The lowest BCUT2D eigenvalue weighted by atomic mass is 9.76. The van der Waals surface area contributed by atoms with Crippen molar-refractivity contribution in [1.82, 2.24) is 0 Å². The molecule has 0 saturated carbocycles. The third-order valence-electron chi connectivity index (χ3n) is 2.31. The number of nitrogens with two attached hydrogens (primary N) is 1. The van der Waals surface area contributed by atoms with Crippen LogP contribution >= 0.6 is 0 Å². The highest BCUT2D eigenvalue weighted by atomic mass is 14.8. The Morgan fingerprint density at radius 3 is 2.40 bits per heavy atom. The average molecular weight is 136 g/mol. The summed E-state index contributed by atoms with van der Waals surface area (Å²) in [7, 11) is 0. The molecule has 0 spiro atoms. The first-order valence-electron chi connectivity index (χ1n) is 3.40. The fourth-order valence-electron chi connectivity index (χ4n) is 1.12. The predicted molar refractivity (Wildman–Crippen MR) is 40.1 cm³/mol. The van der Waals surface area contributed by atoms with Crippen LogP contribution < -0.4 is 5.73 Å². The number of nitrogens with zero attached hydrogens (tertiary/aromatic N) is 1. The molecule has 1 aliphatic rings. The van der Waals surface area contributed by atoms with Crippen molar-refractivity contribution < 1.29 is 0 Å². The van der Waals surface area contributed by atoms with Crippen molar-refractivity contribution in [2.75, 3.05) is 0 Å². The molecule has 54 valence electrons. The Labute approximate surface area is 61.3 Å². The summed E-state index contributed by atoms with van der Waals surface area (Å²) in [6.45, 7) is 4.02. The normalized spacial score (nSPS) is 35.8. The van der Waals surface area contributed by atoms with Gasteiger partial charge in [0.15, 0.2) is 0 Å². The van der Waals surface area contributed by atoms with E-state index in [1.54, 1.807) is 6.08 Å². The number of hydrogen-bond donors (Lipinski definition) is 1. The van der Waals surface area contributed by atoms with Gasteiger partial charge in [0.05, 0.1) is 6.07 Å². The number of nitriles is 1. The summed E-state index contributed by atoms with van der Waals surface area (Å²) >= 11 is 0. The van der Waals surface area contributed by atoms with E-state index < -0.39 is 5.54 Å². The van der Waals surface area contributed by atoms with Crippen LogP contribution in [0.3, 0.4) is 0 Å². The molecule has 10 heavy (non-hydrogen) atoms. The third-order valence-corrected chi connectivity index (χ3v) is 2.31. The largest absolute Gasteiger partial charge is 0.310 e. The molecule has 0 fully saturated rings. The lowest BCUT2D eigenvalue weighted by Gasteiger charge is -2.30. The minimum Gasteiger partial charge on any atom is -0.310 e. The van der Waals surface area contributed by atoms with Crippen molar-refractivity contribution in [2.45, 2.75) is 25.8 Å². The second-order valence-electron chi connectivity index (χ2n) is 3.47. The summed E-state index contributed by atoms with van der Waals surface area (Å²) in [5, 5.41) is 8.73. The van der Waals surface area contributed by atoms with Gasteiger partial charge in [0.1, 0.15) is 5.54 Å². The molecule has 2 nitrogen and oxygen atoms in total. The molecule has 2 heteroatoms. The average Bonchev–Trinajstić information content (AvgIpc) is 2.10. The molecule has 0 aliphatic heterocycles. The van der Waals surface area contributed by atoms with Crippen molar-refractivity contribution >= 4 is 0 Å². The molecular formula is C8H12N2. The Kier molecular flexibility index (Phi) is 1.34. The quantitative estimate of drug-likeness (QED) is 0.508. The molecule has 0 aromatic heterocycles. The number of rotatable bonds is 0. The van der Waals surface area contributed by atoms with Crippen molar-refractivity contribution in [2.24, 2.45) is 11.1 Å². The summed E-state index contributed by atoms with van der Waals surface area (Å²) in [4.78, 5) is 0. The van der Waals surface area contributed by atoms with Gasteiger partial charge >= 0.3 is 0 Å². The van der Waals surface area contributed by atoms with E-state index >= 15 is 0 Å². The van der Waals surface area contributed by atoms with E-state index in [2.05, 4.69) is 6.07 Å². The fourth-order valence-corrected chi connectivity index (χ4v) is 1.12. The van der Waals surface area contributed by atoms with Crippen LogP contribution in [-0.4, -0.2) is 5.54 Å². The van der Waals surface area contributed by atoms with Gasteiger partial charge in [-0.1, -0.05) is 26.0 Å². The second-order valence-corrected chi connectivity index (χ2v) is 3.47. The number of allylic oxidation sites excluding steroid dienone is 1. The van der Waals surface area contributed by atoms with Gasteiger partial charge in [-0.25, -0.2) is 0 Å². The zero-order valence-electron chi connectivity index (χ0n) is 6.39. The van der Waals surface area contributed by atoms with E-state index in [9.17, 15) is 0 Å². The zero-order chi connectivity index (χ0) is 7.83. The molecule has 1 rings (SSSR count). The third kappa shape index (κ3) is 0.748. The zero-order valence-corrected chi connectivity index (χ0v) is 6.39. The molecule has 0 aromatic carbocycles. The highest BCUT2D eigenvalue weighted by Gasteiger charge is 2.42. The topological polar surface area (TPSA) is 49.8 Å². The molecule has 1 aliphatic carbocycles. The first-order chi connectivity index (χ1) is 4.52. The number of hydrogen-bond acceptors (Lipinski definition) is 2. The maximum atomic E-state index is 8.73. The van der Waals surface area contributed by atoms with E-state index in [0.717, 1.165) is 6.42 Å². The summed E-state index contributed by atoms with van der Waals surface area (Å²) < 4.78 is 0. The van der Waals surface area contributed by atoms with E-state index in [1.807, 2.05) is 19.9 Å². The van der Waals surface area contributed by atoms with Gasteiger partial charge in [-0.2, -0.15) is 5.26 Å². The van der Waals surface area contributed by atoms with Crippen LogP contribution in [-0.2, 0) is 0 Å². The summed E-state index contributed by atoms with van der Waals surface area (Å²) in [6.07, 6.45) is 4.67. The molecule has 0 saturated heterocycles. The summed E-state index contributed by atoms with van der Waals surface area (Å²) in [5.74, 6) is 0. The molecular weight excluding hydrogens is 124 g/mol. The standard InChI is InChI=1S/C8H12N2/c1-7(2)4-3-5-8(7,10)6-9/h3,5H,4,10H2,1-2H3. The molecule has 2 N–H and O–H groups in total. The molecule has 0 aromatic rings. The SMILES string of the molecule is CC1(C)CC=CC1(N)C#N. The van der Waals surface area contributed by atoms with Crippen LogP contribution in [0.4, 0.5) is 0 Å². The van der Waals surface area contributed by atoms with Gasteiger partial charge in [0.2, 0.25) is 0 Å². The Bertz CT molecular complexity index is 210. The Balaban J connectivity index is 2.99. The summed E-state index contributed by atoms with van der Waals surface area (Å²) in [6, 6.07) is 2.12. The lowest BCUT2D eigenvalue weighted by Crippen LogP contribution is -2.46. The fraction of sp³-hybridized carbons (Fsp3) is 0.625. The molecule has 0 radical (unpaired) electrons. The van der Waals surface area contributed by atoms with Gasteiger partial charge in [-0.3, -0.25) is 0 Å². The van der Waals surface area contributed by atoms with E-state index in [0.29, 0.717) is 0 Å². The monoisotopic (exact) mass is 136 g/mol. The second kappa shape index (κ2) is 1.83. The van der Waals surface area contributed by atoms with Gasteiger partial charge in [0, 0.05) is 5.41 Å². The Morgan fingerprint density at radius 1 is 1.60 bits per heavy atom. The molecule has 0 heterocycles. The lowest BCUT2D eigenvalue weighted by molar-refractivity contribution is 0.292. The van der Waals surface area contributed by atoms with E-state index in [4.69, 9.17) is 11.0 Å². The molecule has 0 bridgehead atoms. The summed E-state index contributed by atoms with van der Waals surface area (Å²) in [5.41, 5.74) is 4.95. The Morgan fingerprint density at radius 2 is 2.20 bits per heavy atom. The maximum Gasteiger partial charge on any atom is 0.128 e. The first-order valence-corrected chi connectivity index (χ1v) is 3.40. The van der Waals surface area contributed by atoms with Crippen LogP contribution in [0, 0.1) is 16.7 Å². The van der Waals surface area contributed by atoms with Crippen LogP contribution in [0.1, 0.15) is 20.3 Å². The van der Waals surface area contributed by atoms with Crippen molar-refractivity contribution in [3.8, 4) is 6.07 Å². The molecule has 0 amide bonds. The van der Waals surface area contributed by atoms with Crippen LogP contribution in [0.25, 0.3) is 0 Å². The van der Waals surface area contributed by atoms with Crippen molar-refractivity contribution in [1.29, 1.82) is 5.26 Å². The molecule has 1 unspecified atom stereocenters. The minimum absolute atomic E-state index is 0.0955. The van der Waals surface area contributed by atoms with E-state index in [-0.39, 0.29) is 5.41 Å². The predicted octanol–water partition coefficient (Wildman–Crippen LogP) is 1.19. The highest BCUT2D eigenvalue weighted by molar-refractivity contribution is 5.29. The first kappa shape index (κ1) is 7.30. The van der Waals surface area contributed by atoms with Gasteiger partial charge in [-0.05, 0) is 6.42 Å². The molecule has 1 atom stereocenters. The smallest absolute Gasteiger partial charge is 0.128 e. The van der Waals surface area contributed by atoms with Crippen molar-refractivity contribution in [3.05, 3.63) is 12.2 Å². The van der Waals surface area contributed by atoms with Gasteiger partial charge in [-0.15, -0.1) is 0 Å². The van der Waals surface area contributed by atoms with Crippen LogP contribution in [0.15, 0.2) is 12.2 Å². The van der Waals surface area contributed by atoms with Gasteiger partial charge < -0.3 is 5.73 Å². The minimum atomic E-state index is -0.743. The Hall–Kier alpha value is -0.810. The maximum absolute atomic E-state index is 8.73. The van der Waals surface area contributed by atoms with Crippen LogP contribution in [0.2, 0.25) is 0 Å². The van der Waals surface area contributed by atoms with Gasteiger partial charge in [0.25, 0.3) is 0 Å². The van der Waals surface area contributed by atoms with E-state index in [1.165, 1.54) is 0 Å². The highest BCUT2D eigenvalue weighted by Crippen LogP contribution is 2.38.